The molecule has 55 heavy (non-hydrogen) atoms. The quantitative estimate of drug-likeness (QED) is 0.0505. The van der Waals surface area contributed by atoms with E-state index in [-0.39, 0.29) is 11.7 Å². The molecule has 0 fully saturated rings. The summed E-state index contributed by atoms with van der Waals surface area (Å²) in [6.45, 7) is 24.7. The van der Waals surface area contributed by atoms with Gasteiger partial charge < -0.3 is 5.41 Å². The number of rotatable bonds is 24. The van der Waals surface area contributed by atoms with Crippen LogP contribution in [-0.2, 0) is 11.2 Å². The van der Waals surface area contributed by atoms with Gasteiger partial charge in [-0.05, 0) is 118 Å². The first-order chi connectivity index (χ1) is 26.5. The van der Waals surface area contributed by atoms with Crippen LogP contribution >= 0.6 is 0 Å². The van der Waals surface area contributed by atoms with E-state index in [4.69, 9.17) is 5.41 Å². The smallest absolute Gasteiger partial charge is 0.158 e. The number of hydrogen-bond acceptors (Lipinski definition) is 4. The molecule has 1 N–H and O–H groups in total. The average molecular weight is 734 g/mol. The van der Waals surface area contributed by atoms with E-state index >= 15 is 0 Å². The molecule has 4 heteroatoms. The van der Waals surface area contributed by atoms with Crippen LogP contribution in [-0.4, -0.2) is 28.7 Å². The van der Waals surface area contributed by atoms with Crippen molar-refractivity contribution in [3.63, 3.8) is 0 Å². The highest BCUT2D eigenvalue weighted by Gasteiger charge is 2.12. The standard InChI is InChI=1S/C51H63N3O/c1-10-15-29-47(14-5)51(55)32-20-28-45-33-35-48(36-34-45)49(52)37-43(12-3)25-18-26-44(21-11-2)27-19-30-46(13-4)40(7)23-16-22-39(6)38-53-42(9)50-31-17-24-41(8)54-50/h10-11,13,16-26,30-36,47,52H,1-2,6,12,14-15,27-29,37-38H2,3-5,7-9H3/b22-16-,26-18+,30-19+,32-20+,40-23+,43-25-,44-21+,46-13-,52-49?,53-42+. The van der Waals surface area contributed by atoms with Gasteiger partial charge in [-0.25, -0.2) is 0 Å². The number of carbonyl (C=O) groups excluding carboxylic acids is 1. The van der Waals surface area contributed by atoms with E-state index in [1.807, 2.05) is 80.6 Å². The van der Waals surface area contributed by atoms with Crippen LogP contribution in [0.5, 0.6) is 0 Å². The second kappa shape index (κ2) is 26.3. The Morgan fingerprint density at radius 3 is 2.35 bits per heavy atom. The summed E-state index contributed by atoms with van der Waals surface area (Å²) in [5, 5.41) is 8.76. The van der Waals surface area contributed by atoms with E-state index in [1.54, 1.807) is 6.08 Å². The third-order valence-corrected chi connectivity index (χ3v) is 9.26. The van der Waals surface area contributed by atoms with Crippen molar-refractivity contribution in [2.45, 2.75) is 86.5 Å². The predicted octanol–water partition coefficient (Wildman–Crippen LogP) is 13.3. The fraction of sp³-hybridized carbons (Fsp3) is 0.294. The van der Waals surface area contributed by atoms with Crippen molar-refractivity contribution in [3.05, 3.63) is 198 Å². The second-order valence-electron chi connectivity index (χ2n) is 13.6. The van der Waals surface area contributed by atoms with Crippen LogP contribution in [0.25, 0.3) is 0 Å². The lowest BCUT2D eigenvalue weighted by molar-refractivity contribution is -0.118. The summed E-state index contributed by atoms with van der Waals surface area (Å²) in [6, 6.07) is 14.1. The maximum atomic E-state index is 12.5. The highest BCUT2D eigenvalue weighted by atomic mass is 16.1. The summed E-state index contributed by atoms with van der Waals surface area (Å²) in [5.41, 5.74) is 11.0. The van der Waals surface area contributed by atoms with Gasteiger partial charge in [0.05, 0.1) is 18.0 Å². The number of benzene rings is 1. The Labute approximate surface area is 332 Å². The number of aromatic nitrogens is 1. The van der Waals surface area contributed by atoms with Gasteiger partial charge in [-0.1, -0.05) is 142 Å². The molecule has 4 nitrogen and oxygen atoms in total. The second-order valence-corrected chi connectivity index (χ2v) is 13.6. The Bertz CT molecular complexity index is 1880. The van der Waals surface area contributed by atoms with Gasteiger partial charge in [-0.3, -0.25) is 14.8 Å². The van der Waals surface area contributed by atoms with Crippen molar-refractivity contribution in [2.75, 3.05) is 6.54 Å². The van der Waals surface area contributed by atoms with Crippen LogP contribution in [0.3, 0.4) is 0 Å². The van der Waals surface area contributed by atoms with Gasteiger partial charge in [0.25, 0.3) is 0 Å². The molecule has 288 valence electrons. The largest absolute Gasteiger partial charge is 0.304 e. The first-order valence-electron chi connectivity index (χ1n) is 19.5. The molecule has 0 amide bonds. The topological polar surface area (TPSA) is 66.2 Å². The van der Waals surface area contributed by atoms with Crippen molar-refractivity contribution in [3.8, 4) is 0 Å². The number of hydrogen-bond donors (Lipinski definition) is 1. The molecule has 1 atom stereocenters. The van der Waals surface area contributed by atoms with Gasteiger partial charge in [0.1, 0.15) is 0 Å². The molecule has 2 rings (SSSR count). The van der Waals surface area contributed by atoms with Crippen LogP contribution in [0.15, 0.2) is 180 Å². The Morgan fingerprint density at radius 2 is 1.69 bits per heavy atom. The van der Waals surface area contributed by atoms with Crippen molar-refractivity contribution in [1.82, 2.24) is 4.98 Å². The minimum atomic E-state index is 0.0638. The minimum Gasteiger partial charge on any atom is -0.304 e. The molecule has 0 spiro atoms. The molecule has 0 aliphatic rings. The third kappa shape index (κ3) is 17.9. The summed E-state index contributed by atoms with van der Waals surface area (Å²) in [4.78, 5) is 21.7. The molecule has 0 saturated heterocycles. The lowest BCUT2D eigenvalue weighted by Crippen LogP contribution is -2.10. The summed E-state index contributed by atoms with van der Waals surface area (Å²) in [5.74, 6) is 0.256. The normalized spacial score (nSPS) is 14.0. The number of aliphatic imine (C=N–C) groups is 1. The Kier molecular flexibility index (Phi) is 21.9. The molecule has 0 aliphatic heterocycles. The molecule has 2 aromatic rings. The molecule has 0 bridgehead atoms. The van der Waals surface area contributed by atoms with Crippen LogP contribution < -0.4 is 0 Å². The summed E-state index contributed by atoms with van der Waals surface area (Å²) < 4.78 is 0. The number of ketones is 1. The molecular weight excluding hydrogens is 671 g/mol. The van der Waals surface area contributed by atoms with Crippen LogP contribution in [0.1, 0.15) is 95.7 Å². The maximum absolute atomic E-state index is 12.5. The Balaban J connectivity index is 1.94. The maximum Gasteiger partial charge on any atom is 0.158 e. The van der Waals surface area contributed by atoms with Gasteiger partial charge in [0, 0.05) is 23.7 Å². The summed E-state index contributed by atoms with van der Waals surface area (Å²) >= 11 is 0. The van der Waals surface area contributed by atoms with Crippen molar-refractivity contribution >= 4 is 17.2 Å². The molecule has 1 heterocycles. The summed E-state index contributed by atoms with van der Waals surface area (Å²) in [7, 11) is 0. The number of nitrogens with zero attached hydrogens (tertiary/aromatic N) is 2. The molecule has 1 aromatic carbocycles. The predicted molar refractivity (Wildman–Crippen MR) is 240 cm³/mol. The fourth-order valence-corrected chi connectivity index (χ4v) is 5.74. The van der Waals surface area contributed by atoms with Gasteiger partial charge in [0.2, 0.25) is 0 Å². The van der Waals surface area contributed by atoms with E-state index in [1.165, 1.54) is 5.57 Å². The summed E-state index contributed by atoms with van der Waals surface area (Å²) in [6.07, 6.45) is 33.8. The van der Waals surface area contributed by atoms with Crippen LogP contribution in [0.2, 0.25) is 0 Å². The molecule has 0 saturated carbocycles. The van der Waals surface area contributed by atoms with Crippen LogP contribution in [0, 0.1) is 18.3 Å². The number of pyridine rings is 1. The van der Waals surface area contributed by atoms with Crippen molar-refractivity contribution in [2.24, 2.45) is 10.9 Å². The number of nitrogens with one attached hydrogen (secondary N) is 1. The third-order valence-electron chi connectivity index (χ3n) is 9.26. The molecule has 1 unspecified atom stereocenters. The van der Waals surface area contributed by atoms with Crippen LogP contribution in [0.4, 0.5) is 0 Å². The van der Waals surface area contributed by atoms with E-state index in [2.05, 4.69) is 112 Å². The highest BCUT2D eigenvalue weighted by molar-refractivity contribution is 5.99. The zero-order valence-electron chi connectivity index (χ0n) is 34.3. The van der Waals surface area contributed by atoms with Gasteiger partial charge in [-0.2, -0.15) is 0 Å². The first-order valence-corrected chi connectivity index (χ1v) is 19.5. The Morgan fingerprint density at radius 1 is 0.945 bits per heavy atom. The van der Waals surface area contributed by atoms with E-state index in [0.717, 1.165) is 82.6 Å². The molecule has 0 aliphatic carbocycles. The van der Waals surface area contributed by atoms with E-state index in [0.29, 0.717) is 25.1 Å². The van der Waals surface area contributed by atoms with Gasteiger partial charge in [0.15, 0.2) is 5.78 Å². The lowest BCUT2D eigenvalue weighted by atomic mass is 9.94. The molecular formula is C51H63N3O. The SMILES string of the molecule is C=C\C=C(/C=C/C=C(/CC)CC(=N)c1ccc(C/C=C/C(=O)C(CC)CCC=C)cc1)C/C=C/C(=C/C)C(/C)=C/C=C\C(=C)C/N=C(\C)c1cccc(C)n1. The minimum absolute atomic E-state index is 0.0638. The zero-order chi connectivity index (χ0) is 40.4. The molecule has 0 radical (unpaired) electrons. The van der Waals surface area contributed by atoms with Crippen molar-refractivity contribution in [1.29, 1.82) is 5.41 Å². The average Bonchev–Trinajstić information content (AvgIpc) is 3.18. The van der Waals surface area contributed by atoms with E-state index < -0.39 is 0 Å². The van der Waals surface area contributed by atoms with Crippen molar-refractivity contribution < 1.29 is 4.79 Å². The highest BCUT2D eigenvalue weighted by Crippen LogP contribution is 2.18. The fourth-order valence-electron chi connectivity index (χ4n) is 5.74. The van der Waals surface area contributed by atoms with E-state index in [9.17, 15) is 4.79 Å². The van der Waals surface area contributed by atoms with Gasteiger partial charge >= 0.3 is 0 Å². The van der Waals surface area contributed by atoms with Gasteiger partial charge in [-0.15, -0.1) is 6.58 Å². The first kappa shape index (κ1) is 45.7. The number of carbonyl (C=O) groups is 1. The Hall–Kier alpha value is -5.48. The number of aryl methyl sites for hydroxylation is 1. The number of allylic oxidation sites excluding steroid dienone is 17. The monoisotopic (exact) mass is 733 g/mol. The lowest BCUT2D eigenvalue weighted by Gasteiger charge is -2.09. The molecule has 1 aromatic heterocycles. The zero-order valence-corrected chi connectivity index (χ0v) is 34.3.